The molecule has 2 aromatic rings. The lowest BCUT2D eigenvalue weighted by Crippen LogP contribution is -2.16. The highest BCUT2D eigenvalue weighted by atomic mass is 16.6. The molecule has 0 aliphatic heterocycles. The molecule has 0 aliphatic carbocycles. The van der Waals surface area contributed by atoms with Crippen LogP contribution in [0.25, 0.3) is 0 Å². The van der Waals surface area contributed by atoms with Crippen molar-refractivity contribution in [3.8, 4) is 0 Å². The largest absolute Gasteiger partial charge is 0.321 e. The molecule has 112 valence electrons. The number of amides is 1. The fourth-order valence-corrected chi connectivity index (χ4v) is 2.16. The standard InChI is InChI=1S/C16H14N2O4/c1-10-12(7-5-9-15(10)18(21)22)16(20)17-14-8-4-3-6-13(14)11(2)19/h3-9H,1-2H3,(H,17,20). The quantitative estimate of drug-likeness (QED) is 0.532. The van der Waals surface area contributed by atoms with Gasteiger partial charge in [-0.15, -0.1) is 0 Å². The second kappa shape index (κ2) is 6.17. The van der Waals surface area contributed by atoms with E-state index < -0.39 is 10.8 Å². The summed E-state index contributed by atoms with van der Waals surface area (Å²) in [6.45, 7) is 2.92. The number of para-hydroxylation sites is 1. The van der Waals surface area contributed by atoms with Gasteiger partial charge in [-0.2, -0.15) is 0 Å². The molecule has 0 saturated heterocycles. The van der Waals surface area contributed by atoms with Gasteiger partial charge in [0.25, 0.3) is 11.6 Å². The first-order chi connectivity index (χ1) is 10.4. The van der Waals surface area contributed by atoms with Crippen molar-refractivity contribution in [2.45, 2.75) is 13.8 Å². The third-order valence-electron chi connectivity index (χ3n) is 3.30. The highest BCUT2D eigenvalue weighted by molar-refractivity contribution is 6.09. The van der Waals surface area contributed by atoms with Gasteiger partial charge in [-0.3, -0.25) is 19.7 Å². The van der Waals surface area contributed by atoms with Crippen LogP contribution in [-0.4, -0.2) is 16.6 Å². The van der Waals surface area contributed by atoms with Crippen LogP contribution >= 0.6 is 0 Å². The van der Waals surface area contributed by atoms with E-state index in [1.165, 1.54) is 32.0 Å². The predicted molar refractivity (Wildman–Crippen MR) is 82.2 cm³/mol. The number of anilines is 1. The number of nitrogens with one attached hydrogen (secondary N) is 1. The maximum absolute atomic E-state index is 12.3. The summed E-state index contributed by atoms with van der Waals surface area (Å²) in [6, 6.07) is 10.9. The molecule has 0 bridgehead atoms. The normalized spacial score (nSPS) is 10.1. The lowest BCUT2D eigenvalue weighted by atomic mass is 10.1. The summed E-state index contributed by atoms with van der Waals surface area (Å²) in [5.41, 5.74) is 1.13. The Morgan fingerprint density at radius 1 is 1.05 bits per heavy atom. The van der Waals surface area contributed by atoms with E-state index in [9.17, 15) is 19.7 Å². The molecule has 2 aromatic carbocycles. The van der Waals surface area contributed by atoms with Crippen LogP contribution in [0.1, 0.15) is 33.2 Å². The van der Waals surface area contributed by atoms with Crippen LogP contribution in [-0.2, 0) is 0 Å². The molecule has 0 aromatic heterocycles. The summed E-state index contributed by atoms with van der Waals surface area (Å²) in [5.74, 6) is -0.665. The molecular weight excluding hydrogens is 284 g/mol. The van der Waals surface area contributed by atoms with Gasteiger partial charge in [0, 0.05) is 22.8 Å². The first-order valence-corrected chi connectivity index (χ1v) is 6.57. The summed E-state index contributed by atoms with van der Waals surface area (Å²) in [7, 11) is 0. The number of nitro benzene ring substituents is 1. The topological polar surface area (TPSA) is 89.3 Å². The molecule has 6 heteroatoms. The number of hydrogen-bond donors (Lipinski definition) is 1. The Bertz CT molecular complexity index is 768. The number of benzene rings is 2. The van der Waals surface area contributed by atoms with Crippen molar-refractivity contribution in [1.29, 1.82) is 0 Å². The molecular formula is C16H14N2O4. The van der Waals surface area contributed by atoms with E-state index in [1.54, 1.807) is 24.3 Å². The lowest BCUT2D eigenvalue weighted by Gasteiger charge is -2.10. The molecule has 0 fully saturated rings. The summed E-state index contributed by atoms with van der Waals surface area (Å²) >= 11 is 0. The molecule has 0 aliphatic rings. The first-order valence-electron chi connectivity index (χ1n) is 6.57. The lowest BCUT2D eigenvalue weighted by molar-refractivity contribution is -0.385. The van der Waals surface area contributed by atoms with E-state index in [-0.39, 0.29) is 22.6 Å². The minimum atomic E-state index is -0.532. The van der Waals surface area contributed by atoms with E-state index in [0.29, 0.717) is 11.3 Å². The van der Waals surface area contributed by atoms with Gasteiger partial charge in [0.05, 0.1) is 10.6 Å². The van der Waals surface area contributed by atoms with Crippen LogP contribution < -0.4 is 5.32 Å². The monoisotopic (exact) mass is 298 g/mol. The molecule has 0 heterocycles. The minimum Gasteiger partial charge on any atom is -0.321 e. The summed E-state index contributed by atoms with van der Waals surface area (Å²) in [6.07, 6.45) is 0. The zero-order chi connectivity index (χ0) is 16.3. The third kappa shape index (κ3) is 3.01. The summed E-state index contributed by atoms with van der Waals surface area (Å²) < 4.78 is 0. The van der Waals surface area contributed by atoms with Crippen molar-refractivity contribution < 1.29 is 14.5 Å². The average molecular weight is 298 g/mol. The van der Waals surface area contributed by atoms with E-state index in [2.05, 4.69) is 5.32 Å². The Balaban J connectivity index is 2.37. The first kappa shape index (κ1) is 15.4. The number of Topliss-reactive ketones (excluding diaryl/α,β-unsaturated/α-hetero) is 1. The Morgan fingerprint density at radius 2 is 1.68 bits per heavy atom. The average Bonchev–Trinajstić information content (AvgIpc) is 2.47. The number of nitrogens with zero attached hydrogens (tertiary/aromatic N) is 1. The highest BCUT2D eigenvalue weighted by Gasteiger charge is 2.19. The Kier molecular flexibility index (Phi) is 4.31. The van der Waals surface area contributed by atoms with Crippen molar-refractivity contribution in [1.82, 2.24) is 0 Å². The van der Waals surface area contributed by atoms with Crippen molar-refractivity contribution >= 4 is 23.1 Å². The Labute approximate surface area is 126 Å². The van der Waals surface area contributed by atoms with Gasteiger partial charge in [0.15, 0.2) is 5.78 Å². The van der Waals surface area contributed by atoms with Crippen LogP contribution in [0, 0.1) is 17.0 Å². The fourth-order valence-electron chi connectivity index (χ4n) is 2.16. The summed E-state index contributed by atoms with van der Waals surface area (Å²) in [4.78, 5) is 34.3. The predicted octanol–water partition coefficient (Wildman–Crippen LogP) is 3.36. The van der Waals surface area contributed by atoms with Crippen LogP contribution in [0.5, 0.6) is 0 Å². The Morgan fingerprint density at radius 3 is 2.32 bits per heavy atom. The smallest absolute Gasteiger partial charge is 0.273 e. The van der Waals surface area contributed by atoms with Crippen LogP contribution in [0.3, 0.4) is 0 Å². The SMILES string of the molecule is CC(=O)c1ccccc1NC(=O)c1cccc([N+](=O)[O-])c1C. The molecule has 0 spiro atoms. The second-order valence-corrected chi connectivity index (χ2v) is 4.76. The highest BCUT2D eigenvalue weighted by Crippen LogP contribution is 2.23. The van der Waals surface area contributed by atoms with E-state index >= 15 is 0 Å². The second-order valence-electron chi connectivity index (χ2n) is 4.76. The molecule has 1 N–H and O–H groups in total. The fraction of sp³-hybridized carbons (Fsp3) is 0.125. The number of nitro groups is 1. The summed E-state index contributed by atoms with van der Waals surface area (Å²) in [5, 5.41) is 13.6. The van der Waals surface area contributed by atoms with Gasteiger partial charge in [0.1, 0.15) is 0 Å². The van der Waals surface area contributed by atoms with Crippen molar-refractivity contribution in [2.24, 2.45) is 0 Å². The van der Waals surface area contributed by atoms with Gasteiger partial charge in [0.2, 0.25) is 0 Å². The maximum atomic E-state index is 12.3. The number of carbonyl (C=O) groups is 2. The molecule has 0 atom stereocenters. The third-order valence-corrected chi connectivity index (χ3v) is 3.30. The van der Waals surface area contributed by atoms with Crippen LogP contribution in [0.2, 0.25) is 0 Å². The number of hydrogen-bond acceptors (Lipinski definition) is 4. The van der Waals surface area contributed by atoms with E-state index in [0.717, 1.165) is 0 Å². The molecule has 2 rings (SSSR count). The molecule has 6 nitrogen and oxygen atoms in total. The minimum absolute atomic E-state index is 0.118. The molecule has 0 saturated carbocycles. The van der Waals surface area contributed by atoms with E-state index in [1.807, 2.05) is 0 Å². The van der Waals surface area contributed by atoms with Gasteiger partial charge in [-0.1, -0.05) is 18.2 Å². The Hall–Kier alpha value is -3.02. The molecule has 0 unspecified atom stereocenters. The maximum Gasteiger partial charge on any atom is 0.273 e. The molecule has 0 radical (unpaired) electrons. The molecule has 22 heavy (non-hydrogen) atoms. The number of ketones is 1. The zero-order valence-corrected chi connectivity index (χ0v) is 12.1. The van der Waals surface area contributed by atoms with Gasteiger partial charge < -0.3 is 5.32 Å². The number of rotatable bonds is 4. The van der Waals surface area contributed by atoms with Crippen molar-refractivity contribution in [2.75, 3.05) is 5.32 Å². The van der Waals surface area contributed by atoms with Crippen molar-refractivity contribution in [3.63, 3.8) is 0 Å². The van der Waals surface area contributed by atoms with Crippen LogP contribution in [0.15, 0.2) is 42.5 Å². The van der Waals surface area contributed by atoms with Gasteiger partial charge in [-0.25, -0.2) is 0 Å². The number of carbonyl (C=O) groups excluding carboxylic acids is 2. The van der Waals surface area contributed by atoms with Gasteiger partial charge >= 0.3 is 0 Å². The zero-order valence-electron chi connectivity index (χ0n) is 12.1. The van der Waals surface area contributed by atoms with E-state index in [4.69, 9.17) is 0 Å². The molecule has 1 amide bonds. The van der Waals surface area contributed by atoms with Crippen molar-refractivity contribution in [3.05, 3.63) is 69.3 Å². The van der Waals surface area contributed by atoms with Gasteiger partial charge in [-0.05, 0) is 32.0 Å². The van der Waals surface area contributed by atoms with Crippen LogP contribution in [0.4, 0.5) is 11.4 Å².